The number of carbonyl (C=O) groups excluding carboxylic acids is 1. The summed E-state index contributed by atoms with van der Waals surface area (Å²) in [7, 11) is -3.99. The molecule has 0 aliphatic carbocycles. The Morgan fingerprint density at radius 1 is 1.11 bits per heavy atom. The van der Waals surface area contributed by atoms with Gasteiger partial charge in [0.15, 0.2) is 5.17 Å². The van der Waals surface area contributed by atoms with Gasteiger partial charge in [-0.25, -0.2) is 4.39 Å². The van der Waals surface area contributed by atoms with Crippen molar-refractivity contribution in [1.82, 2.24) is 4.90 Å². The van der Waals surface area contributed by atoms with Crippen molar-refractivity contribution in [2.45, 2.75) is 4.90 Å². The lowest BCUT2D eigenvalue weighted by Crippen LogP contribution is -2.29. The smallest absolute Gasteiger partial charge is 0.282 e. The van der Waals surface area contributed by atoms with Crippen LogP contribution in [0, 0.1) is 5.82 Å². The Kier molecular flexibility index (Phi) is 5.57. The molecule has 1 saturated heterocycles. The molecule has 1 heterocycles. The number of thioether (sulfide) groups is 1. The van der Waals surface area contributed by atoms with Gasteiger partial charge in [-0.1, -0.05) is 42.5 Å². The number of halogens is 1. The molecule has 2 aromatic carbocycles. The van der Waals surface area contributed by atoms with Gasteiger partial charge in [-0.3, -0.25) is 9.69 Å². The molecule has 0 saturated carbocycles. The molecule has 138 valence electrons. The summed E-state index contributed by atoms with van der Waals surface area (Å²) in [6.45, 7) is 3.67. The maximum absolute atomic E-state index is 13.9. The molecule has 0 atom stereocenters. The van der Waals surface area contributed by atoms with E-state index in [4.69, 9.17) is 0 Å². The Labute approximate surface area is 161 Å². The fraction of sp³-hybridized carbons (Fsp3) is 0.0526. The van der Waals surface area contributed by atoms with Gasteiger partial charge in [-0.2, -0.15) is 8.42 Å². The maximum Gasteiger partial charge on any atom is 0.284 e. The molecule has 2 aromatic rings. The van der Waals surface area contributed by atoms with E-state index in [1.54, 1.807) is 30.3 Å². The van der Waals surface area contributed by atoms with E-state index in [1.165, 1.54) is 41.3 Å². The van der Waals surface area contributed by atoms with E-state index in [1.807, 2.05) is 0 Å². The number of hydrogen-bond donors (Lipinski definition) is 0. The van der Waals surface area contributed by atoms with Gasteiger partial charge in [0, 0.05) is 12.1 Å². The second-order valence-electron chi connectivity index (χ2n) is 5.50. The number of carbonyl (C=O) groups is 1. The number of rotatable bonds is 5. The predicted octanol–water partition coefficient (Wildman–Crippen LogP) is 3.67. The Balaban J connectivity index is 2.01. The molecular formula is C19H15FN2O3S2. The van der Waals surface area contributed by atoms with Crippen LogP contribution in [0.2, 0.25) is 0 Å². The van der Waals surface area contributed by atoms with Crippen LogP contribution in [0.15, 0.2) is 81.5 Å². The molecular weight excluding hydrogens is 387 g/mol. The number of benzene rings is 2. The Bertz CT molecular complexity index is 1050. The quantitative estimate of drug-likeness (QED) is 0.565. The second kappa shape index (κ2) is 7.89. The molecule has 27 heavy (non-hydrogen) atoms. The highest BCUT2D eigenvalue weighted by Gasteiger charge is 2.34. The number of nitrogens with zero attached hydrogens (tertiary/aromatic N) is 2. The van der Waals surface area contributed by atoms with E-state index < -0.39 is 21.7 Å². The van der Waals surface area contributed by atoms with Crippen molar-refractivity contribution >= 4 is 38.9 Å². The monoisotopic (exact) mass is 402 g/mol. The van der Waals surface area contributed by atoms with Gasteiger partial charge in [0.2, 0.25) is 0 Å². The molecule has 1 amide bonds. The Morgan fingerprint density at radius 2 is 1.78 bits per heavy atom. The normalized spacial score (nSPS) is 17.7. The summed E-state index contributed by atoms with van der Waals surface area (Å²) in [6.07, 6.45) is 2.85. The zero-order valence-corrected chi connectivity index (χ0v) is 15.7. The van der Waals surface area contributed by atoms with Gasteiger partial charge < -0.3 is 0 Å². The summed E-state index contributed by atoms with van der Waals surface area (Å²) < 4.78 is 42.7. The fourth-order valence-electron chi connectivity index (χ4n) is 2.35. The standard InChI is InChI=1S/C19H15FN2O3S2/c1-2-12-22-18(23)17(13-14-8-6-7-11-16(14)20)26-19(22)21-27(24,25)15-9-4-3-5-10-15/h2-11,13H,1,12H2/b17-13+,21-19+. The highest BCUT2D eigenvalue weighted by molar-refractivity contribution is 8.19. The zero-order valence-electron chi connectivity index (χ0n) is 14.1. The van der Waals surface area contributed by atoms with Crippen LogP contribution in [-0.2, 0) is 14.8 Å². The van der Waals surface area contributed by atoms with Crippen LogP contribution in [0.25, 0.3) is 6.08 Å². The lowest BCUT2D eigenvalue weighted by Gasteiger charge is -2.12. The van der Waals surface area contributed by atoms with Gasteiger partial charge in [0.25, 0.3) is 15.9 Å². The average Bonchev–Trinajstić information content (AvgIpc) is 2.93. The first-order valence-corrected chi connectivity index (χ1v) is 10.1. The second-order valence-corrected chi connectivity index (χ2v) is 8.11. The maximum atomic E-state index is 13.9. The van der Waals surface area contributed by atoms with Crippen molar-refractivity contribution in [2.75, 3.05) is 6.54 Å². The third-order valence-electron chi connectivity index (χ3n) is 3.63. The minimum Gasteiger partial charge on any atom is -0.282 e. The first kappa shape index (κ1) is 19.1. The van der Waals surface area contributed by atoms with Gasteiger partial charge in [0.1, 0.15) is 5.82 Å². The van der Waals surface area contributed by atoms with Gasteiger partial charge in [-0.15, -0.1) is 11.0 Å². The van der Waals surface area contributed by atoms with Crippen LogP contribution in [-0.4, -0.2) is 30.9 Å². The topological polar surface area (TPSA) is 66.8 Å². The van der Waals surface area contributed by atoms with E-state index in [-0.39, 0.29) is 27.1 Å². The average molecular weight is 402 g/mol. The van der Waals surface area contributed by atoms with E-state index in [2.05, 4.69) is 11.0 Å². The number of amidine groups is 1. The largest absolute Gasteiger partial charge is 0.284 e. The third-order valence-corrected chi connectivity index (χ3v) is 6.03. The molecule has 0 spiro atoms. The van der Waals surface area contributed by atoms with Crippen LogP contribution in [0.3, 0.4) is 0 Å². The van der Waals surface area contributed by atoms with Gasteiger partial charge in [0.05, 0.1) is 9.80 Å². The molecule has 1 aliphatic heterocycles. The predicted molar refractivity (Wildman–Crippen MR) is 105 cm³/mol. The lowest BCUT2D eigenvalue weighted by molar-refractivity contribution is -0.121. The molecule has 0 aromatic heterocycles. The van der Waals surface area contributed by atoms with E-state index in [9.17, 15) is 17.6 Å². The summed E-state index contributed by atoms with van der Waals surface area (Å²) in [5.41, 5.74) is 0.235. The summed E-state index contributed by atoms with van der Waals surface area (Å²) in [4.78, 5) is 14.0. The molecule has 0 N–H and O–H groups in total. The molecule has 5 nitrogen and oxygen atoms in total. The molecule has 8 heteroatoms. The molecule has 0 radical (unpaired) electrons. The Morgan fingerprint density at radius 3 is 2.44 bits per heavy atom. The van der Waals surface area contributed by atoms with Crippen LogP contribution >= 0.6 is 11.8 Å². The van der Waals surface area contributed by atoms with Crippen LogP contribution in [0.4, 0.5) is 4.39 Å². The molecule has 1 aliphatic rings. The summed E-state index contributed by atoms with van der Waals surface area (Å²) in [6, 6.07) is 13.7. The fourth-order valence-corrected chi connectivity index (χ4v) is 4.55. The minimum atomic E-state index is -3.99. The van der Waals surface area contributed by atoms with E-state index in [0.29, 0.717) is 0 Å². The SMILES string of the molecule is C=CCN1C(=O)/C(=C\c2ccccc2F)S/C1=N/S(=O)(=O)c1ccccc1. The number of hydrogen-bond acceptors (Lipinski definition) is 4. The van der Waals surface area contributed by atoms with Gasteiger partial charge in [-0.05, 0) is 36.0 Å². The zero-order chi connectivity index (χ0) is 19.4. The summed E-state index contributed by atoms with van der Waals surface area (Å²) in [5.74, 6) is -0.930. The van der Waals surface area contributed by atoms with Crippen molar-refractivity contribution in [1.29, 1.82) is 0 Å². The number of sulfonamides is 1. The van der Waals surface area contributed by atoms with Crippen molar-refractivity contribution in [3.8, 4) is 0 Å². The van der Waals surface area contributed by atoms with Crippen molar-refractivity contribution in [3.63, 3.8) is 0 Å². The van der Waals surface area contributed by atoms with Crippen molar-refractivity contribution in [3.05, 3.63) is 83.5 Å². The van der Waals surface area contributed by atoms with Crippen molar-refractivity contribution < 1.29 is 17.6 Å². The molecule has 1 fully saturated rings. The highest BCUT2D eigenvalue weighted by Crippen LogP contribution is 2.34. The first-order chi connectivity index (χ1) is 12.9. The number of amides is 1. The highest BCUT2D eigenvalue weighted by atomic mass is 32.2. The Hall–Kier alpha value is -2.71. The van der Waals surface area contributed by atoms with E-state index in [0.717, 1.165) is 11.8 Å². The van der Waals surface area contributed by atoms with E-state index >= 15 is 0 Å². The van der Waals surface area contributed by atoms with Crippen LogP contribution in [0.5, 0.6) is 0 Å². The van der Waals surface area contributed by atoms with Crippen LogP contribution < -0.4 is 0 Å². The lowest BCUT2D eigenvalue weighted by atomic mass is 10.2. The first-order valence-electron chi connectivity index (χ1n) is 7.89. The van der Waals surface area contributed by atoms with Gasteiger partial charge >= 0.3 is 0 Å². The third kappa shape index (κ3) is 4.17. The summed E-state index contributed by atoms with van der Waals surface area (Å²) in [5, 5.41) is 0.00587. The van der Waals surface area contributed by atoms with Crippen LogP contribution in [0.1, 0.15) is 5.56 Å². The van der Waals surface area contributed by atoms with Crippen molar-refractivity contribution in [2.24, 2.45) is 4.40 Å². The molecule has 0 unspecified atom stereocenters. The minimum absolute atomic E-state index is 0.00587. The molecule has 0 bridgehead atoms. The summed E-state index contributed by atoms with van der Waals surface area (Å²) >= 11 is 0.886. The molecule has 3 rings (SSSR count).